The fourth-order valence-corrected chi connectivity index (χ4v) is 8.45. The summed E-state index contributed by atoms with van der Waals surface area (Å²) in [6, 6.07) is 0. The van der Waals surface area contributed by atoms with Crippen LogP contribution in [0, 0.1) is 0 Å². The minimum Gasteiger partial charge on any atom is -0.756 e. The molecular formula is C68H112NO8P. The summed E-state index contributed by atoms with van der Waals surface area (Å²) in [6.45, 7) is 3.97. The van der Waals surface area contributed by atoms with Crippen molar-refractivity contribution in [3.05, 3.63) is 146 Å². The zero-order valence-electron chi connectivity index (χ0n) is 50.1. The van der Waals surface area contributed by atoms with Crippen LogP contribution in [0.5, 0.6) is 0 Å². The second-order valence-electron chi connectivity index (χ2n) is 20.9. The number of unbranched alkanes of at least 4 members (excludes halogenated alkanes) is 16. The fraction of sp³-hybridized carbons (Fsp3) is 0.618. The first-order valence-electron chi connectivity index (χ1n) is 30.5. The maximum atomic E-state index is 12.8. The van der Waals surface area contributed by atoms with Crippen LogP contribution in [0.1, 0.15) is 219 Å². The molecule has 0 saturated heterocycles. The van der Waals surface area contributed by atoms with E-state index in [-0.39, 0.29) is 26.1 Å². The molecule has 0 aliphatic carbocycles. The molecule has 0 aliphatic heterocycles. The number of phosphoric ester groups is 1. The van der Waals surface area contributed by atoms with Gasteiger partial charge in [0.15, 0.2) is 6.10 Å². The van der Waals surface area contributed by atoms with Crippen molar-refractivity contribution < 1.29 is 42.1 Å². The van der Waals surface area contributed by atoms with Crippen LogP contribution in [-0.4, -0.2) is 70.0 Å². The average molecular weight is 1100 g/mol. The molecule has 0 amide bonds. The molecule has 0 aromatic carbocycles. The van der Waals surface area contributed by atoms with Crippen LogP contribution in [0.4, 0.5) is 0 Å². The highest BCUT2D eigenvalue weighted by Gasteiger charge is 2.22. The number of likely N-dealkylation sites (N-methyl/N-ethyl adjacent to an activating group) is 1. The molecule has 0 aliphatic rings. The Bertz CT molecular complexity index is 1820. The standard InChI is InChI=1S/C68H112NO8P/c1-6-8-10-12-14-16-18-20-22-24-26-28-30-32-34-36-38-40-42-44-46-48-50-52-54-56-58-60-67(70)74-64-66(65-76-78(72,73)75-63-62-69(3,4)5)77-68(71)61-59-57-55-53-51-49-47-45-43-41-39-37-35-33-31-29-27-25-23-21-19-17-15-13-11-9-7-2/h8-11,14-17,20-23,26-29,32-35,38-41,66H,6-7,12-13,18-19,24-25,30-31,36-37,42-65H2,1-5H3/b10-8-,11-9-,16-14-,17-15-,22-20-,23-21-,28-26-,29-27-,34-32-,35-33-,40-38-,41-39-. The number of ether oxygens (including phenoxy) is 2. The Morgan fingerprint density at radius 3 is 1.03 bits per heavy atom. The van der Waals surface area contributed by atoms with Gasteiger partial charge in [-0.2, -0.15) is 0 Å². The van der Waals surface area contributed by atoms with Crippen LogP contribution >= 0.6 is 7.82 Å². The number of hydrogen-bond donors (Lipinski definition) is 0. The Morgan fingerprint density at radius 1 is 0.397 bits per heavy atom. The van der Waals surface area contributed by atoms with E-state index >= 15 is 0 Å². The summed E-state index contributed by atoms with van der Waals surface area (Å²) in [7, 11) is 1.13. The predicted octanol–water partition coefficient (Wildman–Crippen LogP) is 18.8. The van der Waals surface area contributed by atoms with E-state index in [0.717, 1.165) is 128 Å². The predicted molar refractivity (Wildman–Crippen MR) is 332 cm³/mol. The van der Waals surface area contributed by atoms with E-state index in [1.807, 2.05) is 21.1 Å². The third-order valence-electron chi connectivity index (χ3n) is 12.4. The van der Waals surface area contributed by atoms with Crippen molar-refractivity contribution in [2.45, 2.75) is 225 Å². The Balaban J connectivity index is 4.23. The molecule has 10 heteroatoms. The van der Waals surface area contributed by atoms with Crippen LogP contribution in [0.25, 0.3) is 0 Å². The van der Waals surface area contributed by atoms with Gasteiger partial charge in [-0.25, -0.2) is 0 Å². The minimum atomic E-state index is -4.65. The minimum absolute atomic E-state index is 0.0425. The number of allylic oxidation sites excluding steroid dienone is 24. The zero-order chi connectivity index (χ0) is 57.0. The van der Waals surface area contributed by atoms with Crippen LogP contribution in [0.15, 0.2) is 146 Å². The fourth-order valence-electron chi connectivity index (χ4n) is 7.72. The molecule has 0 rings (SSSR count). The molecule has 0 N–H and O–H groups in total. The first-order chi connectivity index (χ1) is 38.0. The highest BCUT2D eigenvalue weighted by atomic mass is 31.2. The number of esters is 2. The van der Waals surface area contributed by atoms with Crippen LogP contribution in [0.3, 0.4) is 0 Å². The first kappa shape index (κ1) is 73.9. The average Bonchev–Trinajstić information content (AvgIpc) is 3.41. The van der Waals surface area contributed by atoms with Crippen molar-refractivity contribution in [3.63, 3.8) is 0 Å². The van der Waals surface area contributed by atoms with Crippen molar-refractivity contribution >= 4 is 19.8 Å². The molecule has 78 heavy (non-hydrogen) atoms. The topological polar surface area (TPSA) is 111 Å². The van der Waals surface area contributed by atoms with Crippen molar-refractivity contribution in [1.82, 2.24) is 0 Å². The van der Waals surface area contributed by atoms with E-state index in [1.54, 1.807) is 0 Å². The van der Waals surface area contributed by atoms with Crippen LogP contribution in [0.2, 0.25) is 0 Å². The van der Waals surface area contributed by atoms with Crippen molar-refractivity contribution in [3.8, 4) is 0 Å². The van der Waals surface area contributed by atoms with Gasteiger partial charge in [0, 0.05) is 12.8 Å². The number of nitrogens with zero attached hydrogens (tertiary/aromatic N) is 1. The van der Waals surface area contributed by atoms with Gasteiger partial charge in [-0.05, 0) is 116 Å². The molecule has 0 saturated carbocycles. The van der Waals surface area contributed by atoms with Crippen molar-refractivity contribution in [2.75, 3.05) is 47.5 Å². The van der Waals surface area contributed by atoms with Gasteiger partial charge in [0.25, 0.3) is 7.82 Å². The normalized spacial score (nSPS) is 14.3. The van der Waals surface area contributed by atoms with Gasteiger partial charge in [0.2, 0.25) is 0 Å². The first-order valence-corrected chi connectivity index (χ1v) is 32.0. The molecule has 9 nitrogen and oxygen atoms in total. The lowest BCUT2D eigenvalue weighted by atomic mass is 10.1. The molecule has 0 bridgehead atoms. The summed E-state index contributed by atoms with van der Waals surface area (Å²) in [5.74, 6) is -0.863. The van der Waals surface area contributed by atoms with Crippen LogP contribution < -0.4 is 4.89 Å². The lowest BCUT2D eigenvalue weighted by Crippen LogP contribution is -2.37. The Hall–Kier alpha value is -4.11. The Morgan fingerprint density at radius 2 is 0.692 bits per heavy atom. The quantitative estimate of drug-likeness (QED) is 0.0195. The molecular weight excluding hydrogens is 990 g/mol. The summed E-state index contributed by atoms with van der Waals surface area (Å²) < 4.78 is 34.2. The van der Waals surface area contributed by atoms with Crippen molar-refractivity contribution in [2.24, 2.45) is 0 Å². The number of hydrogen-bond acceptors (Lipinski definition) is 8. The van der Waals surface area contributed by atoms with E-state index in [1.165, 1.54) is 51.4 Å². The molecule has 442 valence electrons. The zero-order valence-corrected chi connectivity index (χ0v) is 50.9. The van der Waals surface area contributed by atoms with E-state index in [2.05, 4.69) is 160 Å². The Labute approximate surface area is 478 Å². The number of carbonyl (C=O) groups excluding carboxylic acids is 2. The smallest absolute Gasteiger partial charge is 0.306 e. The molecule has 0 aromatic rings. The van der Waals surface area contributed by atoms with E-state index in [9.17, 15) is 19.0 Å². The summed E-state index contributed by atoms with van der Waals surface area (Å²) >= 11 is 0. The van der Waals surface area contributed by atoms with Gasteiger partial charge in [0.1, 0.15) is 19.8 Å². The maximum Gasteiger partial charge on any atom is 0.306 e. The Kier molecular flexibility index (Phi) is 54.5. The SMILES string of the molecule is CC/C=C\C/C=C\C/C=C\C/C=C\C/C=C\C/C=C\CCCCCCCCCCC(=O)OCC(COP(=O)([O-])OCC[N+](C)(C)C)OC(=O)CCCCCCCCCC/C=C\C/C=C\C/C=C\C/C=C\C/C=C\C/C=C\CC. The van der Waals surface area contributed by atoms with Gasteiger partial charge in [0.05, 0.1) is 27.7 Å². The van der Waals surface area contributed by atoms with Crippen LogP contribution in [-0.2, 0) is 32.7 Å². The lowest BCUT2D eigenvalue weighted by molar-refractivity contribution is -0.870. The van der Waals surface area contributed by atoms with E-state index < -0.39 is 32.5 Å². The number of quaternary nitrogens is 1. The second-order valence-corrected chi connectivity index (χ2v) is 22.4. The molecule has 2 atom stereocenters. The number of rotatable bonds is 54. The molecule has 0 fully saturated rings. The van der Waals surface area contributed by atoms with Gasteiger partial charge >= 0.3 is 11.9 Å². The van der Waals surface area contributed by atoms with Gasteiger partial charge in [-0.3, -0.25) is 14.2 Å². The summed E-state index contributed by atoms with van der Waals surface area (Å²) in [5.41, 5.74) is 0. The third-order valence-corrected chi connectivity index (χ3v) is 13.3. The second kappa shape index (κ2) is 57.6. The highest BCUT2D eigenvalue weighted by Crippen LogP contribution is 2.38. The summed E-state index contributed by atoms with van der Waals surface area (Å²) in [6.07, 6.45) is 84.6. The van der Waals surface area contributed by atoms with Gasteiger partial charge < -0.3 is 27.9 Å². The monoisotopic (exact) mass is 1100 g/mol. The van der Waals surface area contributed by atoms with E-state index in [0.29, 0.717) is 23.9 Å². The lowest BCUT2D eigenvalue weighted by Gasteiger charge is -2.28. The number of phosphoric acid groups is 1. The number of carbonyl (C=O) groups is 2. The molecule has 0 spiro atoms. The van der Waals surface area contributed by atoms with Gasteiger partial charge in [-0.1, -0.05) is 237 Å². The van der Waals surface area contributed by atoms with E-state index in [4.69, 9.17) is 18.5 Å². The third kappa shape index (κ3) is 61.1. The molecule has 2 unspecified atom stereocenters. The highest BCUT2D eigenvalue weighted by molar-refractivity contribution is 7.45. The van der Waals surface area contributed by atoms with Crippen molar-refractivity contribution in [1.29, 1.82) is 0 Å². The molecule has 0 heterocycles. The summed E-state index contributed by atoms with van der Waals surface area (Å²) in [4.78, 5) is 38.0. The molecule has 0 radical (unpaired) electrons. The maximum absolute atomic E-state index is 12.8. The summed E-state index contributed by atoms with van der Waals surface area (Å²) in [5, 5.41) is 0. The van der Waals surface area contributed by atoms with Gasteiger partial charge in [-0.15, -0.1) is 0 Å². The largest absolute Gasteiger partial charge is 0.756 e. The molecule has 0 aromatic heterocycles.